The SMILES string of the molecule is Cc1nc2ccc(NC(C)c3ccc(Br)s3)cc2[nH]1. The van der Waals surface area contributed by atoms with Gasteiger partial charge in [-0.3, -0.25) is 0 Å². The second-order valence-corrected chi connectivity index (χ2v) is 7.06. The molecule has 0 bridgehead atoms. The molecule has 0 aliphatic heterocycles. The maximum absolute atomic E-state index is 4.41. The summed E-state index contributed by atoms with van der Waals surface area (Å²) in [6.45, 7) is 4.14. The van der Waals surface area contributed by atoms with Gasteiger partial charge in [-0.15, -0.1) is 11.3 Å². The number of nitrogens with one attached hydrogen (secondary N) is 2. The molecule has 2 heterocycles. The Labute approximate surface area is 124 Å². The Morgan fingerprint density at radius 3 is 2.89 bits per heavy atom. The molecule has 1 atom stereocenters. The Hall–Kier alpha value is -1.33. The fourth-order valence-corrected chi connectivity index (χ4v) is 3.54. The number of hydrogen-bond acceptors (Lipinski definition) is 3. The number of anilines is 1. The zero-order valence-electron chi connectivity index (χ0n) is 10.7. The molecule has 1 unspecified atom stereocenters. The molecule has 98 valence electrons. The summed E-state index contributed by atoms with van der Waals surface area (Å²) in [6.07, 6.45) is 0. The molecule has 3 nitrogen and oxygen atoms in total. The molecule has 0 spiro atoms. The average Bonchev–Trinajstić information content (AvgIpc) is 2.93. The van der Waals surface area contributed by atoms with Crippen LogP contribution in [0.15, 0.2) is 34.1 Å². The van der Waals surface area contributed by atoms with Gasteiger partial charge in [0.2, 0.25) is 0 Å². The number of rotatable bonds is 3. The molecule has 3 aromatic rings. The topological polar surface area (TPSA) is 40.7 Å². The summed E-state index contributed by atoms with van der Waals surface area (Å²) in [5.41, 5.74) is 3.19. The highest BCUT2D eigenvalue weighted by molar-refractivity contribution is 9.11. The molecule has 3 rings (SSSR count). The zero-order valence-corrected chi connectivity index (χ0v) is 13.1. The highest BCUT2D eigenvalue weighted by Crippen LogP contribution is 2.29. The van der Waals surface area contributed by atoms with E-state index in [2.05, 4.69) is 62.4 Å². The number of H-pyrrole nitrogens is 1. The van der Waals surface area contributed by atoms with Gasteiger partial charge in [0, 0.05) is 10.6 Å². The molecule has 0 saturated carbocycles. The molecule has 2 aromatic heterocycles. The number of halogens is 1. The van der Waals surface area contributed by atoms with Gasteiger partial charge in [0.25, 0.3) is 0 Å². The van der Waals surface area contributed by atoms with Crippen LogP contribution in [0, 0.1) is 6.92 Å². The smallest absolute Gasteiger partial charge is 0.104 e. The molecule has 0 fully saturated rings. The Morgan fingerprint density at radius 2 is 2.16 bits per heavy atom. The summed E-state index contributed by atoms with van der Waals surface area (Å²) < 4.78 is 1.16. The van der Waals surface area contributed by atoms with Crippen molar-refractivity contribution in [3.05, 3.63) is 44.8 Å². The van der Waals surface area contributed by atoms with Crippen LogP contribution in [-0.4, -0.2) is 9.97 Å². The monoisotopic (exact) mass is 335 g/mol. The Kier molecular flexibility index (Phi) is 3.33. The molecule has 19 heavy (non-hydrogen) atoms. The van der Waals surface area contributed by atoms with Gasteiger partial charge in [0.1, 0.15) is 5.82 Å². The van der Waals surface area contributed by atoms with E-state index in [1.165, 1.54) is 4.88 Å². The molecule has 1 aromatic carbocycles. The molecule has 5 heteroatoms. The van der Waals surface area contributed by atoms with E-state index in [4.69, 9.17) is 0 Å². The number of aromatic nitrogens is 2. The van der Waals surface area contributed by atoms with Crippen LogP contribution in [0.25, 0.3) is 11.0 Å². The van der Waals surface area contributed by atoms with Crippen LogP contribution in [0.2, 0.25) is 0 Å². The normalized spacial score (nSPS) is 12.8. The first-order chi connectivity index (χ1) is 9.11. The summed E-state index contributed by atoms with van der Waals surface area (Å²) in [5.74, 6) is 0.947. The number of aromatic amines is 1. The summed E-state index contributed by atoms with van der Waals surface area (Å²) in [5, 5.41) is 3.51. The van der Waals surface area contributed by atoms with E-state index in [0.717, 1.165) is 26.3 Å². The van der Waals surface area contributed by atoms with Gasteiger partial charge in [-0.1, -0.05) is 0 Å². The van der Waals surface area contributed by atoms with Crippen LogP contribution in [0.5, 0.6) is 0 Å². The molecular formula is C14H14BrN3S. The molecule has 2 N–H and O–H groups in total. The van der Waals surface area contributed by atoms with Gasteiger partial charge in [-0.2, -0.15) is 0 Å². The third kappa shape index (κ3) is 2.67. The van der Waals surface area contributed by atoms with Crippen molar-refractivity contribution in [2.75, 3.05) is 5.32 Å². The fraction of sp³-hybridized carbons (Fsp3) is 0.214. The quantitative estimate of drug-likeness (QED) is 0.716. The number of imidazole rings is 1. The van der Waals surface area contributed by atoms with Crippen molar-refractivity contribution in [2.45, 2.75) is 19.9 Å². The lowest BCUT2D eigenvalue weighted by Gasteiger charge is -2.13. The molecule has 0 aliphatic carbocycles. The standard InChI is InChI=1S/C14H14BrN3S/c1-8(13-5-6-14(15)19-13)16-10-3-4-11-12(7-10)18-9(2)17-11/h3-8,16H,1-2H3,(H,17,18). The summed E-state index contributed by atoms with van der Waals surface area (Å²) in [4.78, 5) is 8.98. The van der Waals surface area contributed by atoms with Crippen LogP contribution in [0.4, 0.5) is 5.69 Å². The second-order valence-electron chi connectivity index (χ2n) is 4.56. The van der Waals surface area contributed by atoms with Gasteiger partial charge in [-0.05, 0) is 60.1 Å². The molecular weight excluding hydrogens is 322 g/mol. The number of fused-ring (bicyclic) bond motifs is 1. The minimum absolute atomic E-state index is 0.290. The van der Waals surface area contributed by atoms with Crippen molar-refractivity contribution in [1.82, 2.24) is 9.97 Å². The number of nitrogens with zero attached hydrogens (tertiary/aromatic N) is 1. The third-order valence-electron chi connectivity index (χ3n) is 3.00. The average molecular weight is 336 g/mol. The van der Waals surface area contributed by atoms with E-state index >= 15 is 0 Å². The van der Waals surface area contributed by atoms with E-state index < -0.39 is 0 Å². The maximum atomic E-state index is 4.41. The molecule has 0 aliphatic rings. The molecule has 0 amide bonds. The number of aryl methyl sites for hydroxylation is 1. The first-order valence-electron chi connectivity index (χ1n) is 6.10. The summed E-state index contributed by atoms with van der Waals surface area (Å²) in [7, 11) is 0. The van der Waals surface area contributed by atoms with Crippen molar-refractivity contribution in [3.63, 3.8) is 0 Å². The largest absolute Gasteiger partial charge is 0.378 e. The van der Waals surface area contributed by atoms with Gasteiger partial charge in [0.15, 0.2) is 0 Å². The van der Waals surface area contributed by atoms with E-state index in [0.29, 0.717) is 0 Å². The van der Waals surface area contributed by atoms with E-state index in [-0.39, 0.29) is 6.04 Å². The van der Waals surface area contributed by atoms with Crippen molar-refractivity contribution in [1.29, 1.82) is 0 Å². The fourth-order valence-electron chi connectivity index (χ4n) is 2.11. The molecule has 0 saturated heterocycles. The van der Waals surface area contributed by atoms with Crippen LogP contribution in [0.3, 0.4) is 0 Å². The number of hydrogen-bond donors (Lipinski definition) is 2. The van der Waals surface area contributed by atoms with Gasteiger partial charge < -0.3 is 10.3 Å². The van der Waals surface area contributed by atoms with Crippen molar-refractivity contribution >= 4 is 44.0 Å². The van der Waals surface area contributed by atoms with Crippen molar-refractivity contribution in [3.8, 4) is 0 Å². The predicted molar refractivity (Wildman–Crippen MR) is 84.9 cm³/mol. The maximum Gasteiger partial charge on any atom is 0.104 e. The zero-order chi connectivity index (χ0) is 13.4. The summed E-state index contributed by atoms with van der Waals surface area (Å²) >= 11 is 5.26. The highest BCUT2D eigenvalue weighted by Gasteiger charge is 2.08. The van der Waals surface area contributed by atoms with Gasteiger partial charge in [-0.25, -0.2) is 4.98 Å². The van der Waals surface area contributed by atoms with E-state index in [1.807, 2.05) is 13.0 Å². The third-order valence-corrected chi connectivity index (χ3v) is 4.81. The minimum atomic E-state index is 0.290. The van der Waals surface area contributed by atoms with Gasteiger partial charge in [0.05, 0.1) is 20.9 Å². The lowest BCUT2D eigenvalue weighted by atomic mass is 10.2. The van der Waals surface area contributed by atoms with Gasteiger partial charge >= 0.3 is 0 Å². The first kappa shape index (κ1) is 12.7. The Morgan fingerprint density at radius 1 is 1.32 bits per heavy atom. The van der Waals surface area contributed by atoms with E-state index in [9.17, 15) is 0 Å². The van der Waals surface area contributed by atoms with E-state index in [1.54, 1.807) is 11.3 Å². The Balaban J connectivity index is 1.84. The highest BCUT2D eigenvalue weighted by atomic mass is 79.9. The van der Waals surface area contributed by atoms with Crippen LogP contribution < -0.4 is 5.32 Å². The first-order valence-corrected chi connectivity index (χ1v) is 7.71. The summed E-state index contributed by atoms with van der Waals surface area (Å²) in [6, 6.07) is 10.7. The predicted octanol–water partition coefficient (Wildman–Crippen LogP) is 4.87. The molecule has 0 radical (unpaired) electrons. The van der Waals surface area contributed by atoms with Crippen LogP contribution in [0.1, 0.15) is 23.7 Å². The Bertz CT molecular complexity index is 716. The van der Waals surface area contributed by atoms with Crippen LogP contribution in [-0.2, 0) is 0 Å². The number of thiophene rings is 1. The lowest BCUT2D eigenvalue weighted by Crippen LogP contribution is -2.04. The van der Waals surface area contributed by atoms with Crippen molar-refractivity contribution < 1.29 is 0 Å². The number of benzene rings is 1. The van der Waals surface area contributed by atoms with Crippen molar-refractivity contribution in [2.24, 2.45) is 0 Å². The lowest BCUT2D eigenvalue weighted by molar-refractivity contribution is 0.908. The minimum Gasteiger partial charge on any atom is -0.378 e. The van der Waals surface area contributed by atoms with Crippen LogP contribution >= 0.6 is 27.3 Å². The second kappa shape index (κ2) is 4.98.